The Bertz CT molecular complexity index is 2770. The third-order valence-electron chi connectivity index (χ3n) is 9.05. The monoisotopic (exact) mass is 716 g/mol. The number of hydrogen-bond acceptors (Lipinski definition) is 10. The lowest BCUT2D eigenvalue weighted by atomic mass is 9.90. The highest BCUT2D eigenvalue weighted by molar-refractivity contribution is 6.13. The van der Waals surface area contributed by atoms with Crippen molar-refractivity contribution < 1.29 is 38.8 Å². The second-order valence-electron chi connectivity index (χ2n) is 12.2. The van der Waals surface area contributed by atoms with Gasteiger partial charge in [-0.05, 0) is 71.8 Å². The third kappa shape index (κ3) is 5.60. The SMILES string of the molecule is O=C(O)c1ccccc1-c1c2ccc(=O)cc-2oc2c(/C=N/N=C/c3c(O)ccc4c(-c5ccccc5C(=O)O)c5ccc(=O)cc-5oc34)c(O)ccc12. The van der Waals surface area contributed by atoms with E-state index in [2.05, 4.69) is 10.2 Å². The molecule has 4 aromatic carbocycles. The number of phenolic OH excluding ortho intramolecular Hbond substituents is 2. The van der Waals surface area contributed by atoms with Crippen LogP contribution in [0, 0.1) is 0 Å². The van der Waals surface area contributed by atoms with Crippen molar-refractivity contribution in [2.45, 2.75) is 0 Å². The Balaban J connectivity index is 1.30. The molecule has 0 atom stereocenters. The van der Waals surface area contributed by atoms with E-state index in [1.807, 2.05) is 0 Å². The van der Waals surface area contributed by atoms with Crippen molar-refractivity contribution in [3.8, 4) is 56.4 Å². The predicted octanol–water partition coefficient (Wildman–Crippen LogP) is 7.70. The van der Waals surface area contributed by atoms with Crippen LogP contribution in [0.2, 0.25) is 0 Å². The molecule has 0 saturated carbocycles. The van der Waals surface area contributed by atoms with Gasteiger partial charge in [-0.25, -0.2) is 9.59 Å². The van der Waals surface area contributed by atoms with Crippen LogP contribution in [-0.2, 0) is 0 Å². The summed E-state index contributed by atoms with van der Waals surface area (Å²) < 4.78 is 12.3. The minimum atomic E-state index is -1.16. The summed E-state index contributed by atoms with van der Waals surface area (Å²) in [4.78, 5) is 49.2. The minimum Gasteiger partial charge on any atom is -0.507 e. The van der Waals surface area contributed by atoms with E-state index < -0.39 is 11.9 Å². The molecule has 0 spiro atoms. The highest BCUT2D eigenvalue weighted by Crippen LogP contribution is 2.45. The van der Waals surface area contributed by atoms with Crippen molar-refractivity contribution in [1.29, 1.82) is 0 Å². The van der Waals surface area contributed by atoms with Crippen LogP contribution >= 0.6 is 0 Å². The van der Waals surface area contributed by atoms with Crippen LogP contribution in [0.15, 0.2) is 138 Å². The van der Waals surface area contributed by atoms with Gasteiger partial charge in [0.2, 0.25) is 0 Å². The fourth-order valence-electron chi connectivity index (χ4n) is 6.68. The lowest BCUT2D eigenvalue weighted by Gasteiger charge is -2.17. The number of aromatic carboxylic acids is 2. The summed E-state index contributed by atoms with van der Waals surface area (Å²) in [5.41, 5.74) is 2.20. The Morgan fingerprint density at radius 3 is 1.33 bits per heavy atom. The van der Waals surface area contributed by atoms with Crippen LogP contribution in [-0.4, -0.2) is 44.8 Å². The van der Waals surface area contributed by atoms with Crippen LogP contribution in [0.4, 0.5) is 0 Å². The molecule has 4 aromatic rings. The van der Waals surface area contributed by atoms with Gasteiger partial charge < -0.3 is 29.3 Å². The number of carboxylic acids is 2. The smallest absolute Gasteiger partial charge is 0.336 e. The number of fused-ring (bicyclic) bond motifs is 4. The molecule has 12 heteroatoms. The number of hydrogen-bond donors (Lipinski definition) is 4. The maximum atomic E-state index is 12.4. The molecule has 262 valence electrons. The third-order valence-corrected chi connectivity index (χ3v) is 9.05. The Labute approximate surface area is 303 Å². The van der Waals surface area contributed by atoms with Crippen molar-refractivity contribution in [2.24, 2.45) is 10.2 Å². The molecule has 12 nitrogen and oxygen atoms in total. The van der Waals surface area contributed by atoms with Gasteiger partial charge in [-0.15, -0.1) is 0 Å². The molecule has 0 aromatic heterocycles. The molecule has 0 fully saturated rings. The van der Waals surface area contributed by atoms with E-state index in [-0.39, 0.29) is 67.3 Å². The Kier molecular flexibility index (Phi) is 8.04. The number of carbonyl (C=O) groups is 2. The quantitative estimate of drug-likeness (QED) is 0.0719. The second kappa shape index (κ2) is 13.0. The van der Waals surface area contributed by atoms with E-state index in [1.54, 1.807) is 60.7 Å². The minimum absolute atomic E-state index is 0.0135. The summed E-state index contributed by atoms with van der Waals surface area (Å²) in [5.74, 6) is -2.55. The number of rotatable bonds is 7. The normalized spacial score (nSPS) is 11.8. The zero-order valence-corrected chi connectivity index (χ0v) is 27.7. The van der Waals surface area contributed by atoms with E-state index in [1.165, 1.54) is 61.0 Å². The molecular formula is C42H24N2O10. The van der Waals surface area contributed by atoms with Crippen LogP contribution < -0.4 is 10.9 Å². The van der Waals surface area contributed by atoms with E-state index in [0.29, 0.717) is 44.2 Å². The van der Waals surface area contributed by atoms with Crippen molar-refractivity contribution in [2.75, 3.05) is 0 Å². The van der Waals surface area contributed by atoms with Gasteiger partial charge in [0.25, 0.3) is 0 Å². The first kappa shape index (κ1) is 33.3. The fourth-order valence-corrected chi connectivity index (χ4v) is 6.68. The van der Waals surface area contributed by atoms with E-state index in [9.17, 15) is 39.6 Å². The number of benzene rings is 6. The molecule has 8 rings (SSSR count). The second-order valence-corrected chi connectivity index (χ2v) is 12.2. The highest BCUT2D eigenvalue weighted by atomic mass is 16.4. The average Bonchev–Trinajstić information content (AvgIpc) is 3.16. The van der Waals surface area contributed by atoms with Crippen molar-refractivity contribution in [3.05, 3.63) is 152 Å². The van der Waals surface area contributed by atoms with Gasteiger partial charge in [0.15, 0.2) is 10.9 Å². The highest BCUT2D eigenvalue weighted by Gasteiger charge is 2.25. The first-order valence-corrected chi connectivity index (χ1v) is 16.3. The van der Waals surface area contributed by atoms with E-state index in [4.69, 9.17) is 8.83 Å². The fraction of sp³-hybridized carbons (Fsp3) is 0. The molecule has 0 radical (unpaired) electrons. The first-order valence-electron chi connectivity index (χ1n) is 16.3. The lowest BCUT2D eigenvalue weighted by Crippen LogP contribution is -2.04. The van der Waals surface area contributed by atoms with Gasteiger partial charge in [-0.3, -0.25) is 9.59 Å². The van der Waals surface area contributed by atoms with Gasteiger partial charge in [0.05, 0.1) is 34.7 Å². The number of phenols is 2. The molecule has 2 aliphatic carbocycles. The van der Waals surface area contributed by atoms with E-state index >= 15 is 0 Å². The maximum Gasteiger partial charge on any atom is 0.336 e. The summed E-state index contributed by atoms with van der Waals surface area (Å²) in [5, 5.41) is 51.0. The average molecular weight is 717 g/mol. The molecule has 0 amide bonds. The summed E-state index contributed by atoms with van der Waals surface area (Å²) in [7, 11) is 0. The van der Waals surface area contributed by atoms with Gasteiger partial charge in [-0.1, -0.05) is 36.4 Å². The van der Waals surface area contributed by atoms with Crippen LogP contribution in [0.1, 0.15) is 31.8 Å². The molecule has 2 heterocycles. The van der Waals surface area contributed by atoms with Crippen LogP contribution in [0.5, 0.6) is 11.5 Å². The largest absolute Gasteiger partial charge is 0.507 e. The van der Waals surface area contributed by atoms with Gasteiger partial charge in [-0.2, -0.15) is 10.2 Å². The molecule has 0 unspecified atom stereocenters. The number of carboxylic acid groups (broad SMARTS) is 2. The summed E-state index contributed by atoms with van der Waals surface area (Å²) in [6, 6.07) is 27.0. The molecule has 2 aliphatic heterocycles. The van der Waals surface area contributed by atoms with Gasteiger partial charge >= 0.3 is 11.9 Å². The van der Waals surface area contributed by atoms with E-state index in [0.717, 1.165) is 0 Å². The molecular weight excluding hydrogens is 692 g/mol. The number of nitrogens with zero attached hydrogens (tertiary/aromatic N) is 2. The maximum absolute atomic E-state index is 12.4. The Morgan fingerprint density at radius 1 is 0.519 bits per heavy atom. The number of aromatic hydroxyl groups is 2. The first-order chi connectivity index (χ1) is 26.1. The Hall–Kier alpha value is -7.86. The molecule has 4 aliphatic rings. The standard InChI is InChI=1S/C42H24N2O10/c45-21-9-11-27-35(17-21)53-39-29(37(27)23-5-1-3-7-25(23)41(49)50)13-15-33(47)31(39)19-43-44-20-32-34(48)16-14-30-38(24-6-2-4-8-26(24)42(51)52)28-12-10-22(46)18-36(28)54-40(30)32/h1-20,47-48H,(H,49,50)(H,51,52)/b43-19+,44-20+. The van der Waals surface area contributed by atoms with Crippen molar-refractivity contribution in [1.82, 2.24) is 0 Å². The summed E-state index contributed by atoms with van der Waals surface area (Å²) in [6.45, 7) is 0. The van der Waals surface area contributed by atoms with Crippen molar-refractivity contribution in [3.63, 3.8) is 0 Å². The molecule has 0 saturated heterocycles. The van der Waals surface area contributed by atoms with Crippen LogP contribution in [0.25, 0.3) is 66.8 Å². The Morgan fingerprint density at radius 2 is 0.926 bits per heavy atom. The van der Waals surface area contributed by atoms with Gasteiger partial charge in [0, 0.05) is 45.2 Å². The summed E-state index contributed by atoms with van der Waals surface area (Å²) in [6.07, 6.45) is 2.40. The lowest BCUT2D eigenvalue weighted by molar-refractivity contribution is 0.0687. The zero-order chi connectivity index (χ0) is 37.7. The summed E-state index contributed by atoms with van der Waals surface area (Å²) >= 11 is 0. The zero-order valence-electron chi connectivity index (χ0n) is 27.7. The molecule has 54 heavy (non-hydrogen) atoms. The molecule has 0 bridgehead atoms. The molecule has 4 N–H and O–H groups in total. The van der Waals surface area contributed by atoms with Gasteiger partial charge in [0.1, 0.15) is 34.2 Å². The predicted molar refractivity (Wildman–Crippen MR) is 202 cm³/mol. The van der Waals surface area contributed by atoms with Crippen LogP contribution in [0.3, 0.4) is 0 Å². The van der Waals surface area contributed by atoms with Crippen molar-refractivity contribution >= 4 is 46.3 Å². The topological polar surface area (TPSA) is 200 Å².